The molecule has 0 amide bonds. The molecule has 2 heterocycles. The average molecular weight is 505 g/mol. The smallest absolute Gasteiger partial charge is 0.165 e. The van der Waals surface area contributed by atoms with Gasteiger partial charge in [-0.25, -0.2) is 0 Å². The van der Waals surface area contributed by atoms with Crippen LogP contribution in [0.3, 0.4) is 0 Å². The van der Waals surface area contributed by atoms with Gasteiger partial charge in [0.15, 0.2) is 11.5 Å². The van der Waals surface area contributed by atoms with Crippen molar-refractivity contribution in [2.24, 2.45) is 17.3 Å². The molecule has 1 saturated heterocycles. The molecule has 6 rings (SSSR count). The molecule has 6 atom stereocenters. The maximum Gasteiger partial charge on any atom is 0.165 e. The normalized spacial score (nSPS) is 34.9. The van der Waals surface area contributed by atoms with E-state index in [4.69, 9.17) is 9.47 Å². The molecule has 5 heteroatoms. The highest BCUT2D eigenvalue weighted by Crippen LogP contribution is 2.64. The summed E-state index contributed by atoms with van der Waals surface area (Å²) < 4.78 is 13.3. The Hall–Kier alpha value is -2.08. The van der Waals surface area contributed by atoms with Crippen LogP contribution in [0.1, 0.15) is 63.1 Å². The third-order valence-corrected chi connectivity index (χ3v) is 10.2. The molecule has 2 aromatic carbocycles. The second-order valence-corrected chi connectivity index (χ2v) is 12.5. The number of benzene rings is 2. The van der Waals surface area contributed by atoms with Crippen molar-refractivity contribution >= 4 is 0 Å². The second kappa shape index (κ2) is 9.59. The summed E-state index contributed by atoms with van der Waals surface area (Å²) in [6.07, 6.45) is 5.69. The Kier molecular flexibility index (Phi) is 6.53. The SMILES string of the molecule is CCc1ccc(O)c2c1C13CCN(CC4CC4)C(C)C1C[C@](C)(CNCc1ccccc1)C(OC)[C@@H]3O2. The van der Waals surface area contributed by atoms with Crippen LogP contribution in [0.25, 0.3) is 0 Å². The van der Waals surface area contributed by atoms with E-state index in [2.05, 4.69) is 67.4 Å². The largest absolute Gasteiger partial charge is 0.504 e. The number of likely N-dealkylation sites (tertiary alicyclic amines) is 1. The van der Waals surface area contributed by atoms with Gasteiger partial charge in [-0.2, -0.15) is 0 Å². The van der Waals surface area contributed by atoms with Crippen LogP contribution in [0, 0.1) is 17.3 Å². The first-order valence-electron chi connectivity index (χ1n) is 14.4. The van der Waals surface area contributed by atoms with Gasteiger partial charge in [0.25, 0.3) is 0 Å². The summed E-state index contributed by atoms with van der Waals surface area (Å²) in [5.41, 5.74) is 3.68. The fourth-order valence-corrected chi connectivity index (χ4v) is 8.20. The summed E-state index contributed by atoms with van der Waals surface area (Å²) in [5.74, 6) is 2.32. The van der Waals surface area contributed by atoms with Crippen molar-refractivity contribution in [1.82, 2.24) is 10.2 Å². The number of hydrogen-bond acceptors (Lipinski definition) is 5. The minimum atomic E-state index is -0.126. The van der Waals surface area contributed by atoms with E-state index in [0.717, 1.165) is 50.6 Å². The highest BCUT2D eigenvalue weighted by Gasteiger charge is 2.67. The maximum absolute atomic E-state index is 11.0. The van der Waals surface area contributed by atoms with Crippen LogP contribution in [0.4, 0.5) is 0 Å². The molecule has 5 nitrogen and oxygen atoms in total. The topological polar surface area (TPSA) is 54.0 Å². The first kappa shape index (κ1) is 25.2. The van der Waals surface area contributed by atoms with E-state index in [-0.39, 0.29) is 28.8 Å². The number of aromatic hydroxyl groups is 1. The summed E-state index contributed by atoms with van der Waals surface area (Å²) in [5, 5.41) is 14.8. The second-order valence-electron chi connectivity index (χ2n) is 12.5. The molecule has 3 fully saturated rings. The number of phenolic OH excluding ortho intramolecular Hbond substituents is 1. The number of piperidine rings is 1. The minimum Gasteiger partial charge on any atom is -0.504 e. The lowest BCUT2D eigenvalue weighted by atomic mass is 9.49. The molecule has 2 aliphatic heterocycles. The number of rotatable bonds is 8. The average Bonchev–Trinajstić information content (AvgIpc) is 3.66. The number of aryl methyl sites for hydroxylation is 1. The van der Waals surface area contributed by atoms with Crippen LogP contribution in [0.15, 0.2) is 42.5 Å². The van der Waals surface area contributed by atoms with E-state index < -0.39 is 0 Å². The first-order valence-corrected chi connectivity index (χ1v) is 14.4. The summed E-state index contributed by atoms with van der Waals surface area (Å²) in [4.78, 5) is 2.77. The van der Waals surface area contributed by atoms with Gasteiger partial charge in [-0.3, -0.25) is 0 Å². The van der Waals surface area contributed by atoms with E-state index in [1.807, 2.05) is 13.2 Å². The van der Waals surface area contributed by atoms with Gasteiger partial charge in [0.1, 0.15) is 12.2 Å². The van der Waals surface area contributed by atoms with Crippen LogP contribution in [0.2, 0.25) is 0 Å². The van der Waals surface area contributed by atoms with Crippen molar-refractivity contribution in [3.05, 3.63) is 59.2 Å². The fraction of sp³-hybridized carbons (Fsp3) is 0.625. The predicted molar refractivity (Wildman–Crippen MR) is 147 cm³/mol. The van der Waals surface area contributed by atoms with Gasteiger partial charge in [0, 0.05) is 49.2 Å². The zero-order chi connectivity index (χ0) is 25.8. The molecule has 0 bridgehead atoms. The molecule has 2 aromatic rings. The summed E-state index contributed by atoms with van der Waals surface area (Å²) in [6.45, 7) is 11.1. The third-order valence-electron chi connectivity index (χ3n) is 10.2. The van der Waals surface area contributed by atoms with Gasteiger partial charge in [0.05, 0.1) is 0 Å². The molecule has 0 aromatic heterocycles. The van der Waals surface area contributed by atoms with E-state index in [1.54, 1.807) is 0 Å². The molecular formula is C32H44N2O3. The molecule has 0 radical (unpaired) electrons. The summed E-state index contributed by atoms with van der Waals surface area (Å²) in [7, 11) is 1.85. The molecule has 2 saturated carbocycles. The van der Waals surface area contributed by atoms with Gasteiger partial charge in [-0.15, -0.1) is 0 Å². The molecule has 37 heavy (non-hydrogen) atoms. The van der Waals surface area contributed by atoms with Crippen molar-refractivity contribution in [2.75, 3.05) is 26.7 Å². The first-order chi connectivity index (χ1) is 17.9. The van der Waals surface area contributed by atoms with Crippen molar-refractivity contribution in [3.63, 3.8) is 0 Å². The number of methoxy groups -OCH3 is 1. The Morgan fingerprint density at radius 3 is 2.65 bits per heavy atom. The van der Waals surface area contributed by atoms with Crippen LogP contribution in [-0.2, 0) is 23.1 Å². The Balaban J connectivity index is 1.38. The van der Waals surface area contributed by atoms with Gasteiger partial charge in [-0.1, -0.05) is 50.2 Å². The molecular weight excluding hydrogens is 460 g/mol. The summed E-state index contributed by atoms with van der Waals surface area (Å²) in [6, 6.07) is 15.1. The van der Waals surface area contributed by atoms with E-state index in [9.17, 15) is 5.11 Å². The third kappa shape index (κ3) is 4.09. The Morgan fingerprint density at radius 2 is 1.95 bits per heavy atom. The molecule has 1 spiro atoms. The standard InChI is InChI=1S/C32H44N2O3/c1-5-24-13-14-26(35)28-27(24)32-15-16-34(19-23-11-12-23)21(2)25(32)17-31(3,29(36-4)30(32)37-28)20-33-18-22-9-7-6-8-10-22/h6-10,13-14,21,23,25,29-30,33,35H,5,11-12,15-20H2,1-4H3/t21?,25?,29?,30-,31+,32?/m0/s1. The Bertz CT molecular complexity index is 1120. The number of nitrogens with one attached hydrogen (secondary N) is 1. The number of ether oxygens (including phenoxy) is 2. The van der Waals surface area contributed by atoms with Crippen molar-refractivity contribution in [1.29, 1.82) is 0 Å². The maximum atomic E-state index is 11.0. The number of hydrogen-bond donors (Lipinski definition) is 2. The van der Waals surface area contributed by atoms with Crippen LogP contribution >= 0.6 is 0 Å². The van der Waals surface area contributed by atoms with E-state index >= 15 is 0 Å². The minimum absolute atomic E-state index is 0.0642. The Labute approximate surface area is 222 Å². The quantitative estimate of drug-likeness (QED) is 0.512. The summed E-state index contributed by atoms with van der Waals surface area (Å²) >= 11 is 0. The molecule has 200 valence electrons. The van der Waals surface area contributed by atoms with Crippen molar-refractivity contribution in [2.45, 2.75) is 83.1 Å². The van der Waals surface area contributed by atoms with Crippen LogP contribution < -0.4 is 10.1 Å². The number of phenols is 1. The monoisotopic (exact) mass is 504 g/mol. The van der Waals surface area contributed by atoms with Gasteiger partial charge in [0.2, 0.25) is 0 Å². The molecule has 2 aliphatic carbocycles. The lowest BCUT2D eigenvalue weighted by Gasteiger charge is -2.61. The highest BCUT2D eigenvalue weighted by atomic mass is 16.5. The fourth-order valence-electron chi connectivity index (χ4n) is 8.20. The zero-order valence-corrected chi connectivity index (χ0v) is 23.0. The predicted octanol–water partition coefficient (Wildman–Crippen LogP) is 5.29. The zero-order valence-electron chi connectivity index (χ0n) is 23.0. The lowest BCUT2D eigenvalue weighted by molar-refractivity contribution is -0.167. The lowest BCUT2D eigenvalue weighted by Crippen LogP contribution is -2.69. The molecule has 4 unspecified atom stereocenters. The van der Waals surface area contributed by atoms with Crippen molar-refractivity contribution in [3.8, 4) is 11.5 Å². The highest BCUT2D eigenvalue weighted by molar-refractivity contribution is 5.59. The van der Waals surface area contributed by atoms with E-state index in [1.165, 1.54) is 36.1 Å². The van der Waals surface area contributed by atoms with Crippen molar-refractivity contribution < 1.29 is 14.6 Å². The molecule has 4 aliphatic rings. The Morgan fingerprint density at radius 1 is 1.16 bits per heavy atom. The van der Waals surface area contributed by atoms with E-state index in [0.29, 0.717) is 12.0 Å². The van der Waals surface area contributed by atoms with Crippen LogP contribution in [0.5, 0.6) is 11.5 Å². The van der Waals surface area contributed by atoms with Crippen LogP contribution in [-0.4, -0.2) is 55.0 Å². The van der Waals surface area contributed by atoms with Gasteiger partial charge < -0.3 is 24.8 Å². The number of nitrogens with zero attached hydrogens (tertiary/aromatic N) is 1. The van der Waals surface area contributed by atoms with Gasteiger partial charge in [-0.05, 0) is 74.6 Å². The molecule has 2 N–H and O–H groups in total. The van der Waals surface area contributed by atoms with Gasteiger partial charge >= 0.3 is 0 Å². The number of fused-ring (bicyclic) bond motifs is 1.